The summed E-state index contributed by atoms with van der Waals surface area (Å²) < 4.78 is 12.6. The van der Waals surface area contributed by atoms with E-state index in [0.717, 1.165) is 64.0 Å². The number of aryl methyl sites for hydroxylation is 2. The van der Waals surface area contributed by atoms with Gasteiger partial charge in [-0.15, -0.1) is 0 Å². The van der Waals surface area contributed by atoms with Gasteiger partial charge in [-0.2, -0.15) is 5.10 Å². The van der Waals surface area contributed by atoms with Gasteiger partial charge in [0.25, 0.3) is 5.56 Å². The van der Waals surface area contributed by atoms with Crippen molar-refractivity contribution in [2.45, 2.75) is 44.4 Å². The van der Waals surface area contributed by atoms with Crippen LogP contribution < -0.4 is 20.9 Å². The highest BCUT2D eigenvalue weighted by atomic mass is 35.5. The van der Waals surface area contributed by atoms with Crippen LogP contribution in [0.3, 0.4) is 0 Å². The number of benzene rings is 2. The van der Waals surface area contributed by atoms with Crippen LogP contribution in [0.1, 0.15) is 35.6 Å². The number of ether oxygens (including phenoxy) is 2. The van der Waals surface area contributed by atoms with Crippen LogP contribution >= 0.6 is 11.6 Å². The Morgan fingerprint density at radius 3 is 2.74 bits per heavy atom. The average molecular weight is 639 g/mol. The number of nitrogens with one attached hydrogen (secondary N) is 2. The van der Waals surface area contributed by atoms with Crippen LogP contribution in [0.25, 0.3) is 33.2 Å². The molecule has 3 aromatic heterocycles. The number of hydrogen-bond acceptors (Lipinski definition) is 9. The number of aliphatic hydroxyl groups excluding tert-OH is 1. The molecule has 0 saturated carbocycles. The minimum atomic E-state index is -0.539. The molecule has 10 nitrogen and oxygen atoms in total. The summed E-state index contributed by atoms with van der Waals surface area (Å²) in [6, 6.07) is 15.8. The molecule has 0 amide bonds. The van der Waals surface area contributed by atoms with Crippen LogP contribution in [-0.2, 0) is 18.2 Å². The van der Waals surface area contributed by atoms with Crippen molar-refractivity contribution in [3.05, 3.63) is 93.0 Å². The lowest BCUT2D eigenvalue weighted by molar-refractivity contribution is -0.0304. The number of anilines is 2. The first-order valence-corrected chi connectivity index (χ1v) is 15.8. The van der Waals surface area contributed by atoms with Crippen LogP contribution in [0.4, 0.5) is 11.5 Å². The van der Waals surface area contributed by atoms with Crippen molar-refractivity contribution in [1.82, 2.24) is 25.1 Å². The van der Waals surface area contributed by atoms with E-state index in [-0.39, 0.29) is 17.6 Å². The van der Waals surface area contributed by atoms with Gasteiger partial charge in [0.1, 0.15) is 5.82 Å². The molecule has 1 fully saturated rings. The Labute approximate surface area is 271 Å². The Kier molecular flexibility index (Phi) is 8.20. The molecule has 2 aromatic carbocycles. The molecule has 236 valence electrons. The molecule has 46 heavy (non-hydrogen) atoms. The van der Waals surface area contributed by atoms with Crippen molar-refractivity contribution in [3.8, 4) is 28.3 Å². The molecule has 0 radical (unpaired) electrons. The van der Waals surface area contributed by atoms with E-state index in [9.17, 15) is 9.90 Å². The van der Waals surface area contributed by atoms with Gasteiger partial charge < -0.3 is 25.2 Å². The Morgan fingerprint density at radius 1 is 1.11 bits per heavy atom. The normalized spacial score (nSPS) is 19.3. The van der Waals surface area contributed by atoms with E-state index in [1.807, 2.05) is 43.3 Å². The van der Waals surface area contributed by atoms with E-state index in [2.05, 4.69) is 26.8 Å². The van der Waals surface area contributed by atoms with Crippen molar-refractivity contribution >= 4 is 33.9 Å². The molecule has 1 aliphatic carbocycles. The largest absolute Gasteiger partial charge is 0.481 e. The monoisotopic (exact) mass is 638 g/mol. The van der Waals surface area contributed by atoms with E-state index in [0.29, 0.717) is 40.7 Å². The maximum Gasteiger partial charge on any atom is 0.278 e. The van der Waals surface area contributed by atoms with Crippen LogP contribution in [0, 0.1) is 6.92 Å². The fourth-order valence-corrected chi connectivity index (χ4v) is 6.96. The second-order valence-electron chi connectivity index (χ2n) is 11.9. The first-order valence-electron chi connectivity index (χ1n) is 15.4. The van der Waals surface area contributed by atoms with E-state index in [4.69, 9.17) is 26.1 Å². The standard InChI is InChI=1S/C35H35ClN6O4/c1-19-22(6-5-9-25(19)40-33-31-21(12-14-37-33)17-38-42(2)35(31)44)23-7-4-8-24(32(23)36)28-16-20-10-11-27(30(20)34(41-28)45-3)39-26-13-15-46-18-29(26)43/h4-9,12,14,16-17,26-27,29,39,43H,10-11,13,15,18H2,1-3H3,(H,37,40)/t26-,27+,29-/m1/s1. The molecule has 3 N–H and O–H groups in total. The molecule has 1 saturated heterocycles. The summed E-state index contributed by atoms with van der Waals surface area (Å²) >= 11 is 7.18. The molecule has 5 aromatic rings. The first-order chi connectivity index (χ1) is 22.3. The molecule has 0 unspecified atom stereocenters. The smallest absolute Gasteiger partial charge is 0.278 e. The lowest BCUT2D eigenvalue weighted by atomic mass is 9.96. The number of methoxy groups -OCH3 is 1. The minimum Gasteiger partial charge on any atom is -0.481 e. The first kappa shape index (κ1) is 30.3. The minimum absolute atomic E-state index is 0.0348. The number of hydrogen-bond donors (Lipinski definition) is 3. The summed E-state index contributed by atoms with van der Waals surface area (Å²) in [5, 5.41) is 23.4. The van der Waals surface area contributed by atoms with Crippen molar-refractivity contribution in [1.29, 1.82) is 0 Å². The second-order valence-corrected chi connectivity index (χ2v) is 12.2. The zero-order valence-electron chi connectivity index (χ0n) is 25.9. The zero-order valence-corrected chi connectivity index (χ0v) is 26.6. The van der Waals surface area contributed by atoms with Crippen LogP contribution in [0.15, 0.2) is 65.7 Å². The third kappa shape index (κ3) is 5.41. The summed E-state index contributed by atoms with van der Waals surface area (Å²) in [5.74, 6) is 1.03. The van der Waals surface area contributed by atoms with Gasteiger partial charge in [-0.1, -0.05) is 41.9 Å². The van der Waals surface area contributed by atoms with Gasteiger partial charge in [0, 0.05) is 59.7 Å². The Morgan fingerprint density at radius 2 is 1.91 bits per heavy atom. The highest BCUT2D eigenvalue weighted by Crippen LogP contribution is 2.43. The van der Waals surface area contributed by atoms with E-state index < -0.39 is 6.10 Å². The summed E-state index contributed by atoms with van der Waals surface area (Å²) in [6.45, 7) is 2.99. The average Bonchev–Trinajstić information content (AvgIpc) is 3.47. The third-order valence-corrected chi connectivity index (χ3v) is 9.51. The van der Waals surface area contributed by atoms with Crippen molar-refractivity contribution in [3.63, 3.8) is 0 Å². The molecule has 0 spiro atoms. The van der Waals surface area contributed by atoms with E-state index >= 15 is 0 Å². The third-order valence-electron chi connectivity index (χ3n) is 9.11. The predicted molar refractivity (Wildman–Crippen MR) is 179 cm³/mol. The van der Waals surface area contributed by atoms with Gasteiger partial charge in [0.15, 0.2) is 0 Å². The number of aromatic nitrogens is 4. The van der Waals surface area contributed by atoms with Crippen LogP contribution in [-0.4, -0.2) is 57.3 Å². The van der Waals surface area contributed by atoms with Gasteiger partial charge >= 0.3 is 0 Å². The highest BCUT2D eigenvalue weighted by Gasteiger charge is 2.33. The van der Waals surface area contributed by atoms with Gasteiger partial charge in [-0.05, 0) is 61.1 Å². The van der Waals surface area contributed by atoms with Crippen molar-refractivity contribution < 1.29 is 14.6 Å². The van der Waals surface area contributed by atoms with Gasteiger partial charge in [-0.25, -0.2) is 14.6 Å². The summed E-state index contributed by atoms with van der Waals surface area (Å²) in [6.07, 6.45) is 5.30. The molecule has 0 bridgehead atoms. The molecule has 1 aliphatic heterocycles. The van der Waals surface area contributed by atoms with Crippen LogP contribution in [0.2, 0.25) is 5.02 Å². The highest BCUT2D eigenvalue weighted by molar-refractivity contribution is 6.36. The lowest BCUT2D eigenvalue weighted by Crippen LogP contribution is -2.47. The number of halogens is 1. The molecular weight excluding hydrogens is 604 g/mol. The predicted octanol–water partition coefficient (Wildman–Crippen LogP) is 5.50. The van der Waals surface area contributed by atoms with E-state index in [1.165, 1.54) is 4.68 Å². The SMILES string of the molecule is COc1nc(-c2cccc(-c3cccc(Nc4nccc5cnn(C)c(=O)c45)c3C)c2Cl)cc2c1[C@@H](N[C@@H]1CCOC[C@H]1O)CC2. The molecule has 3 atom stereocenters. The Bertz CT molecular complexity index is 2010. The van der Waals surface area contributed by atoms with Gasteiger partial charge in [0.05, 0.1) is 42.1 Å². The second kappa shape index (κ2) is 12.4. The molecule has 2 aliphatic rings. The topological polar surface area (TPSA) is 123 Å². The van der Waals surface area contributed by atoms with Gasteiger partial charge in [-0.3, -0.25) is 4.79 Å². The maximum atomic E-state index is 12.9. The maximum absolute atomic E-state index is 12.9. The number of rotatable bonds is 7. The summed E-state index contributed by atoms with van der Waals surface area (Å²) in [5.41, 5.74) is 7.09. The zero-order chi connectivity index (χ0) is 31.9. The molecular formula is C35H35ClN6O4. The lowest BCUT2D eigenvalue weighted by Gasteiger charge is -2.31. The summed E-state index contributed by atoms with van der Waals surface area (Å²) in [7, 11) is 3.26. The van der Waals surface area contributed by atoms with Crippen LogP contribution in [0.5, 0.6) is 5.88 Å². The van der Waals surface area contributed by atoms with Gasteiger partial charge in [0.2, 0.25) is 5.88 Å². The van der Waals surface area contributed by atoms with Crippen molar-refractivity contribution in [2.75, 3.05) is 25.6 Å². The molecule has 11 heteroatoms. The number of nitrogens with zero attached hydrogens (tertiary/aromatic N) is 4. The quantitative estimate of drug-likeness (QED) is 0.212. The number of aliphatic hydroxyl groups is 1. The fraction of sp³-hybridized carbons (Fsp3) is 0.314. The van der Waals surface area contributed by atoms with Crippen molar-refractivity contribution in [2.24, 2.45) is 7.05 Å². The number of fused-ring (bicyclic) bond motifs is 2. The Hall–Kier alpha value is -4.35. The molecule has 4 heterocycles. The Balaban J connectivity index is 1.23. The van der Waals surface area contributed by atoms with E-state index in [1.54, 1.807) is 32.6 Å². The fourth-order valence-electron chi connectivity index (χ4n) is 6.64. The summed E-state index contributed by atoms with van der Waals surface area (Å²) in [4.78, 5) is 22.4. The molecule has 7 rings (SSSR count). The number of pyridine rings is 2.